The standard InChI is InChI=1S/C18H15BrFNO4/c1-11(22)21-9-12-2-4-13(5-3-12)17(23)10-25-18(24)15-7-6-14(19)8-16(15)20/h2-8H,9-10H2,1H3,(H,21,22). The fraction of sp³-hybridized carbons (Fsp3) is 0.167. The summed E-state index contributed by atoms with van der Waals surface area (Å²) in [5.74, 6) is -2.18. The van der Waals surface area contributed by atoms with E-state index in [-0.39, 0.29) is 11.5 Å². The van der Waals surface area contributed by atoms with Gasteiger partial charge in [-0.05, 0) is 23.8 Å². The Hall–Kier alpha value is -2.54. The van der Waals surface area contributed by atoms with E-state index >= 15 is 0 Å². The average molecular weight is 408 g/mol. The fourth-order valence-electron chi connectivity index (χ4n) is 1.98. The molecular weight excluding hydrogens is 393 g/mol. The topological polar surface area (TPSA) is 72.5 Å². The minimum absolute atomic E-state index is 0.146. The summed E-state index contributed by atoms with van der Waals surface area (Å²) in [5.41, 5.74) is 0.956. The molecule has 0 saturated carbocycles. The number of amides is 1. The molecule has 0 aliphatic carbocycles. The van der Waals surface area contributed by atoms with E-state index in [1.165, 1.54) is 19.1 Å². The largest absolute Gasteiger partial charge is 0.454 e. The van der Waals surface area contributed by atoms with Crippen molar-refractivity contribution < 1.29 is 23.5 Å². The quantitative estimate of drug-likeness (QED) is 0.589. The summed E-state index contributed by atoms with van der Waals surface area (Å²) in [6.45, 7) is 1.29. The Kier molecular flexibility index (Phi) is 6.41. The maximum atomic E-state index is 13.7. The number of halogens is 2. The Morgan fingerprint density at radius 3 is 2.40 bits per heavy atom. The first-order valence-corrected chi connectivity index (χ1v) is 8.15. The Labute approximate surface area is 152 Å². The van der Waals surface area contributed by atoms with E-state index < -0.39 is 24.2 Å². The van der Waals surface area contributed by atoms with Gasteiger partial charge in [0.1, 0.15) is 5.82 Å². The van der Waals surface area contributed by atoms with E-state index in [4.69, 9.17) is 4.74 Å². The molecule has 0 saturated heterocycles. The smallest absolute Gasteiger partial charge is 0.341 e. The zero-order valence-electron chi connectivity index (χ0n) is 13.3. The summed E-state index contributed by atoms with van der Waals surface area (Å²) in [7, 11) is 0. The molecular formula is C18H15BrFNO4. The van der Waals surface area contributed by atoms with Crippen molar-refractivity contribution in [3.8, 4) is 0 Å². The van der Waals surface area contributed by atoms with Gasteiger partial charge in [0.05, 0.1) is 5.56 Å². The van der Waals surface area contributed by atoms with Gasteiger partial charge in [-0.15, -0.1) is 0 Å². The lowest BCUT2D eigenvalue weighted by molar-refractivity contribution is -0.119. The molecule has 0 unspecified atom stereocenters. The lowest BCUT2D eigenvalue weighted by atomic mass is 10.1. The number of Topliss-reactive ketones (excluding diaryl/α,β-unsaturated/α-hetero) is 1. The van der Waals surface area contributed by atoms with E-state index in [9.17, 15) is 18.8 Å². The summed E-state index contributed by atoms with van der Waals surface area (Å²) < 4.78 is 19.0. The third-order valence-electron chi connectivity index (χ3n) is 3.30. The molecule has 0 aliphatic heterocycles. The minimum Gasteiger partial charge on any atom is -0.454 e. The maximum Gasteiger partial charge on any atom is 0.341 e. The normalized spacial score (nSPS) is 10.2. The fourth-order valence-corrected chi connectivity index (χ4v) is 2.32. The number of benzene rings is 2. The van der Waals surface area contributed by atoms with Crippen LogP contribution in [-0.4, -0.2) is 24.3 Å². The predicted octanol–water partition coefficient (Wildman–Crippen LogP) is 3.26. The highest BCUT2D eigenvalue weighted by Crippen LogP contribution is 2.16. The molecule has 130 valence electrons. The highest BCUT2D eigenvalue weighted by atomic mass is 79.9. The molecule has 0 atom stereocenters. The second-order valence-corrected chi connectivity index (χ2v) is 6.15. The summed E-state index contributed by atoms with van der Waals surface area (Å²) in [6.07, 6.45) is 0. The molecule has 0 fully saturated rings. The first-order valence-electron chi connectivity index (χ1n) is 7.35. The zero-order chi connectivity index (χ0) is 18.4. The van der Waals surface area contributed by atoms with E-state index in [2.05, 4.69) is 21.2 Å². The molecule has 0 bridgehead atoms. The third kappa shape index (κ3) is 5.49. The SMILES string of the molecule is CC(=O)NCc1ccc(C(=O)COC(=O)c2ccc(Br)cc2F)cc1. The molecule has 25 heavy (non-hydrogen) atoms. The molecule has 0 spiro atoms. The number of carbonyl (C=O) groups excluding carboxylic acids is 3. The number of rotatable bonds is 6. The van der Waals surface area contributed by atoms with Crippen LogP contribution in [0.5, 0.6) is 0 Å². The molecule has 0 heterocycles. The van der Waals surface area contributed by atoms with Gasteiger partial charge in [0.15, 0.2) is 12.4 Å². The van der Waals surface area contributed by atoms with Crippen LogP contribution >= 0.6 is 15.9 Å². The lowest BCUT2D eigenvalue weighted by Crippen LogP contribution is -2.19. The molecule has 5 nitrogen and oxygen atoms in total. The van der Waals surface area contributed by atoms with Gasteiger partial charge in [0.25, 0.3) is 0 Å². The van der Waals surface area contributed by atoms with Crippen molar-refractivity contribution in [2.24, 2.45) is 0 Å². The van der Waals surface area contributed by atoms with Crippen molar-refractivity contribution in [3.05, 3.63) is 69.4 Å². The molecule has 0 radical (unpaired) electrons. The van der Waals surface area contributed by atoms with Gasteiger partial charge in [-0.3, -0.25) is 9.59 Å². The van der Waals surface area contributed by atoms with Crippen molar-refractivity contribution >= 4 is 33.6 Å². The van der Waals surface area contributed by atoms with E-state index in [0.717, 1.165) is 11.6 Å². The number of hydrogen-bond donors (Lipinski definition) is 1. The lowest BCUT2D eigenvalue weighted by Gasteiger charge is -2.07. The number of carbonyl (C=O) groups is 3. The third-order valence-corrected chi connectivity index (χ3v) is 3.80. The first-order chi connectivity index (χ1) is 11.9. The monoisotopic (exact) mass is 407 g/mol. The van der Waals surface area contributed by atoms with Crippen molar-refractivity contribution in [2.75, 3.05) is 6.61 Å². The van der Waals surface area contributed by atoms with Gasteiger partial charge >= 0.3 is 5.97 Å². The number of nitrogens with one attached hydrogen (secondary N) is 1. The van der Waals surface area contributed by atoms with Crippen LogP contribution in [0, 0.1) is 5.82 Å². The minimum atomic E-state index is -0.902. The molecule has 2 aromatic carbocycles. The molecule has 1 N–H and O–H groups in total. The molecule has 0 aliphatic rings. The van der Waals surface area contributed by atoms with Crippen molar-refractivity contribution in [1.29, 1.82) is 0 Å². The van der Waals surface area contributed by atoms with Crippen LogP contribution in [0.4, 0.5) is 4.39 Å². The van der Waals surface area contributed by atoms with Crippen molar-refractivity contribution in [3.63, 3.8) is 0 Å². The molecule has 2 rings (SSSR count). The Bertz CT molecular complexity index is 805. The maximum absolute atomic E-state index is 13.7. The zero-order valence-corrected chi connectivity index (χ0v) is 14.9. The Morgan fingerprint density at radius 1 is 1.12 bits per heavy atom. The van der Waals surface area contributed by atoms with Gasteiger partial charge in [-0.25, -0.2) is 9.18 Å². The van der Waals surface area contributed by atoms with Crippen LogP contribution in [0.3, 0.4) is 0 Å². The van der Waals surface area contributed by atoms with Crippen LogP contribution in [0.15, 0.2) is 46.9 Å². The van der Waals surface area contributed by atoms with Gasteiger partial charge in [0, 0.05) is 23.5 Å². The van der Waals surface area contributed by atoms with E-state index in [0.29, 0.717) is 16.6 Å². The van der Waals surface area contributed by atoms with Crippen LogP contribution < -0.4 is 5.32 Å². The van der Waals surface area contributed by atoms with Crippen LogP contribution in [0.25, 0.3) is 0 Å². The van der Waals surface area contributed by atoms with Crippen LogP contribution in [0.2, 0.25) is 0 Å². The van der Waals surface area contributed by atoms with Crippen molar-refractivity contribution in [2.45, 2.75) is 13.5 Å². The average Bonchev–Trinajstić information content (AvgIpc) is 2.58. The van der Waals surface area contributed by atoms with E-state index in [1.54, 1.807) is 24.3 Å². The first kappa shape index (κ1) is 18.8. The van der Waals surface area contributed by atoms with Crippen molar-refractivity contribution in [1.82, 2.24) is 5.32 Å². The Morgan fingerprint density at radius 2 is 1.80 bits per heavy atom. The summed E-state index contributed by atoms with van der Waals surface area (Å²) in [5, 5.41) is 2.65. The summed E-state index contributed by atoms with van der Waals surface area (Å²) in [4.78, 5) is 34.8. The second-order valence-electron chi connectivity index (χ2n) is 5.23. The van der Waals surface area contributed by atoms with Crippen LogP contribution in [-0.2, 0) is 16.1 Å². The number of esters is 1. The summed E-state index contributed by atoms with van der Waals surface area (Å²) >= 11 is 3.09. The Balaban J connectivity index is 1.93. The van der Waals surface area contributed by atoms with Gasteiger partial charge < -0.3 is 10.1 Å². The van der Waals surface area contributed by atoms with E-state index in [1.807, 2.05) is 0 Å². The number of ketones is 1. The van der Waals surface area contributed by atoms with Gasteiger partial charge in [-0.1, -0.05) is 40.2 Å². The number of ether oxygens (including phenoxy) is 1. The predicted molar refractivity (Wildman–Crippen MR) is 92.7 cm³/mol. The molecule has 1 amide bonds. The number of hydrogen-bond acceptors (Lipinski definition) is 4. The molecule has 7 heteroatoms. The van der Waals surface area contributed by atoms with Gasteiger partial charge in [-0.2, -0.15) is 0 Å². The summed E-state index contributed by atoms with van der Waals surface area (Å²) in [6, 6.07) is 10.5. The molecule has 2 aromatic rings. The molecule has 0 aromatic heterocycles. The second kappa shape index (κ2) is 8.53. The van der Waals surface area contributed by atoms with Gasteiger partial charge in [0.2, 0.25) is 5.91 Å². The highest BCUT2D eigenvalue weighted by molar-refractivity contribution is 9.10. The highest BCUT2D eigenvalue weighted by Gasteiger charge is 2.15. The van der Waals surface area contributed by atoms with Crippen LogP contribution in [0.1, 0.15) is 33.2 Å².